The van der Waals surface area contributed by atoms with Crippen LogP contribution < -0.4 is 0 Å². The molecule has 1 aromatic heterocycles. The fourth-order valence-corrected chi connectivity index (χ4v) is 2.34. The molecule has 0 saturated heterocycles. The minimum atomic E-state index is 0.0557. The summed E-state index contributed by atoms with van der Waals surface area (Å²) in [6, 6.07) is 17.7. The van der Waals surface area contributed by atoms with Crippen molar-refractivity contribution in [3.05, 3.63) is 65.2 Å². The lowest BCUT2D eigenvalue weighted by Gasteiger charge is -2.13. The topological polar surface area (TPSA) is 43.6 Å². The second-order valence-electron chi connectivity index (χ2n) is 4.54. The molecular weight excluding hydrogens is 272 g/mol. The van der Waals surface area contributed by atoms with Crippen LogP contribution in [0.1, 0.15) is 18.5 Å². The van der Waals surface area contributed by atoms with Crippen LogP contribution in [-0.2, 0) is 0 Å². The third kappa shape index (κ3) is 2.42. The molecule has 3 aromatic rings. The highest BCUT2D eigenvalue weighted by atomic mass is 35.5. The molecule has 4 nitrogen and oxygen atoms in total. The lowest BCUT2D eigenvalue weighted by molar-refractivity contribution is 0.548. The van der Waals surface area contributed by atoms with E-state index < -0.39 is 0 Å². The molecule has 1 unspecified atom stereocenters. The van der Waals surface area contributed by atoms with Crippen LogP contribution in [0.5, 0.6) is 0 Å². The Morgan fingerprint density at radius 2 is 1.85 bits per heavy atom. The summed E-state index contributed by atoms with van der Waals surface area (Å²) in [6.45, 7) is 2.07. The van der Waals surface area contributed by atoms with Crippen LogP contribution in [0.15, 0.2) is 54.6 Å². The van der Waals surface area contributed by atoms with E-state index in [0.29, 0.717) is 10.8 Å². The van der Waals surface area contributed by atoms with Gasteiger partial charge in [-0.2, -0.15) is 0 Å². The lowest BCUT2D eigenvalue weighted by Crippen LogP contribution is -2.10. The van der Waals surface area contributed by atoms with Crippen LogP contribution in [0.3, 0.4) is 0 Å². The zero-order valence-corrected chi connectivity index (χ0v) is 11.7. The summed E-state index contributed by atoms with van der Waals surface area (Å²) >= 11 is 6.03. The van der Waals surface area contributed by atoms with Crippen molar-refractivity contribution in [2.45, 2.75) is 13.0 Å². The lowest BCUT2D eigenvalue weighted by atomic mass is 10.1. The van der Waals surface area contributed by atoms with E-state index in [9.17, 15) is 0 Å². The Labute approximate surface area is 122 Å². The van der Waals surface area contributed by atoms with Gasteiger partial charge in [-0.1, -0.05) is 54.1 Å². The van der Waals surface area contributed by atoms with E-state index in [0.717, 1.165) is 11.1 Å². The van der Waals surface area contributed by atoms with Crippen molar-refractivity contribution in [2.24, 2.45) is 0 Å². The van der Waals surface area contributed by atoms with E-state index in [1.807, 2.05) is 42.5 Å². The number of benzene rings is 2. The van der Waals surface area contributed by atoms with Crippen LogP contribution in [0.2, 0.25) is 5.02 Å². The van der Waals surface area contributed by atoms with E-state index in [4.69, 9.17) is 11.6 Å². The Morgan fingerprint density at radius 1 is 1.05 bits per heavy atom. The van der Waals surface area contributed by atoms with Crippen molar-refractivity contribution in [1.82, 2.24) is 20.2 Å². The van der Waals surface area contributed by atoms with Crippen LogP contribution in [0.4, 0.5) is 0 Å². The molecule has 0 aliphatic heterocycles. The molecule has 0 fully saturated rings. The average molecular weight is 285 g/mol. The summed E-state index contributed by atoms with van der Waals surface area (Å²) in [7, 11) is 0. The minimum absolute atomic E-state index is 0.0557. The van der Waals surface area contributed by atoms with Crippen molar-refractivity contribution in [1.29, 1.82) is 0 Å². The predicted octanol–water partition coefficient (Wildman–Crippen LogP) is 3.60. The van der Waals surface area contributed by atoms with Crippen molar-refractivity contribution < 1.29 is 0 Å². The zero-order valence-electron chi connectivity index (χ0n) is 10.9. The van der Waals surface area contributed by atoms with Gasteiger partial charge in [-0.05, 0) is 35.0 Å². The molecule has 100 valence electrons. The van der Waals surface area contributed by atoms with E-state index in [1.54, 1.807) is 4.68 Å². The summed E-state index contributed by atoms with van der Waals surface area (Å²) < 4.78 is 1.81. The molecule has 0 spiro atoms. The first-order valence-electron chi connectivity index (χ1n) is 6.34. The third-order valence-corrected chi connectivity index (χ3v) is 3.46. The fourth-order valence-electron chi connectivity index (χ4n) is 2.14. The summed E-state index contributed by atoms with van der Waals surface area (Å²) in [5.41, 5.74) is 2.06. The number of aromatic nitrogens is 4. The highest BCUT2D eigenvalue weighted by Crippen LogP contribution is 2.25. The molecule has 0 aliphatic rings. The van der Waals surface area contributed by atoms with E-state index in [2.05, 4.69) is 34.6 Å². The Balaban J connectivity index is 2.03. The van der Waals surface area contributed by atoms with Crippen molar-refractivity contribution in [3.63, 3.8) is 0 Å². The summed E-state index contributed by atoms with van der Waals surface area (Å²) in [6.07, 6.45) is 0. The quantitative estimate of drug-likeness (QED) is 0.738. The van der Waals surface area contributed by atoms with Crippen molar-refractivity contribution >= 4 is 11.6 Å². The largest absolute Gasteiger partial charge is 0.218 e. The Hall–Kier alpha value is -2.20. The molecule has 0 radical (unpaired) electrons. The molecule has 2 aromatic carbocycles. The summed E-state index contributed by atoms with van der Waals surface area (Å²) in [4.78, 5) is 0. The maximum atomic E-state index is 6.03. The van der Waals surface area contributed by atoms with Gasteiger partial charge in [0.25, 0.3) is 0 Å². The molecule has 3 rings (SSSR count). The second-order valence-corrected chi connectivity index (χ2v) is 4.98. The van der Waals surface area contributed by atoms with Gasteiger partial charge in [0.15, 0.2) is 5.82 Å². The minimum Gasteiger partial charge on any atom is -0.218 e. The first kappa shape index (κ1) is 12.8. The van der Waals surface area contributed by atoms with Crippen LogP contribution >= 0.6 is 11.6 Å². The van der Waals surface area contributed by atoms with E-state index in [-0.39, 0.29) is 6.04 Å². The summed E-state index contributed by atoms with van der Waals surface area (Å²) in [5.74, 6) is 0.712. The number of rotatable bonds is 3. The van der Waals surface area contributed by atoms with Crippen molar-refractivity contribution in [2.75, 3.05) is 0 Å². The van der Waals surface area contributed by atoms with Gasteiger partial charge in [-0.3, -0.25) is 0 Å². The second kappa shape index (κ2) is 5.43. The maximum Gasteiger partial charge on any atom is 0.182 e. The van der Waals surface area contributed by atoms with Gasteiger partial charge in [-0.15, -0.1) is 5.10 Å². The van der Waals surface area contributed by atoms with E-state index in [1.165, 1.54) is 0 Å². The van der Waals surface area contributed by atoms with Crippen LogP contribution in [0, 0.1) is 0 Å². The average Bonchev–Trinajstić information content (AvgIpc) is 2.97. The first-order valence-corrected chi connectivity index (χ1v) is 6.72. The number of halogens is 1. The Kier molecular flexibility index (Phi) is 3.48. The predicted molar refractivity (Wildman–Crippen MR) is 78.5 cm³/mol. The summed E-state index contributed by atoms with van der Waals surface area (Å²) in [5, 5.41) is 12.7. The molecule has 1 atom stereocenters. The normalized spacial score (nSPS) is 12.3. The Morgan fingerprint density at radius 3 is 2.60 bits per heavy atom. The number of nitrogens with zero attached hydrogens (tertiary/aromatic N) is 4. The van der Waals surface area contributed by atoms with Gasteiger partial charge in [-0.25, -0.2) is 4.68 Å². The third-order valence-electron chi connectivity index (χ3n) is 3.22. The fraction of sp³-hybridized carbons (Fsp3) is 0.133. The van der Waals surface area contributed by atoms with Gasteiger partial charge < -0.3 is 0 Å². The maximum absolute atomic E-state index is 6.03. The van der Waals surface area contributed by atoms with Gasteiger partial charge >= 0.3 is 0 Å². The highest BCUT2D eigenvalue weighted by molar-refractivity contribution is 6.30. The molecule has 1 heterocycles. The monoisotopic (exact) mass is 284 g/mol. The van der Waals surface area contributed by atoms with Crippen LogP contribution in [-0.4, -0.2) is 20.2 Å². The first-order chi connectivity index (χ1) is 9.75. The highest BCUT2D eigenvalue weighted by Gasteiger charge is 2.16. The molecule has 0 saturated carbocycles. The molecule has 20 heavy (non-hydrogen) atoms. The molecule has 0 bridgehead atoms. The molecule has 0 N–H and O–H groups in total. The van der Waals surface area contributed by atoms with Crippen molar-refractivity contribution in [3.8, 4) is 11.4 Å². The smallest absolute Gasteiger partial charge is 0.182 e. The van der Waals surface area contributed by atoms with Gasteiger partial charge in [0.05, 0.1) is 6.04 Å². The van der Waals surface area contributed by atoms with E-state index >= 15 is 0 Å². The molecule has 0 aliphatic carbocycles. The van der Waals surface area contributed by atoms with Gasteiger partial charge in [0.2, 0.25) is 0 Å². The number of tetrazole rings is 1. The SMILES string of the molecule is CC(c1ccccc1)n1nnnc1-c1cccc(Cl)c1. The van der Waals surface area contributed by atoms with Crippen LogP contribution in [0.25, 0.3) is 11.4 Å². The standard InChI is InChI=1S/C15H13ClN4/c1-11(12-6-3-2-4-7-12)20-15(17-18-19-20)13-8-5-9-14(16)10-13/h2-11H,1H3. The van der Waals surface area contributed by atoms with Gasteiger partial charge in [0, 0.05) is 10.6 Å². The number of hydrogen-bond acceptors (Lipinski definition) is 3. The zero-order chi connectivity index (χ0) is 13.9. The number of hydrogen-bond donors (Lipinski definition) is 0. The molecule has 5 heteroatoms. The molecule has 0 amide bonds. The molecular formula is C15H13ClN4. The van der Waals surface area contributed by atoms with Gasteiger partial charge in [0.1, 0.15) is 0 Å². The Bertz CT molecular complexity index is 709.